The van der Waals surface area contributed by atoms with Crippen LogP contribution in [0.3, 0.4) is 0 Å². The number of rotatable bonds is 7. The van der Waals surface area contributed by atoms with Crippen LogP contribution in [-0.2, 0) is 19.6 Å². The molecular formula is C33H29N5O5S2. The molecule has 7 rings (SSSR count). The number of carbonyl (C=O) groups is 1. The second-order valence-electron chi connectivity index (χ2n) is 10.8. The molecule has 45 heavy (non-hydrogen) atoms. The first kappa shape index (κ1) is 29.1. The van der Waals surface area contributed by atoms with Crippen molar-refractivity contribution in [1.29, 1.82) is 0 Å². The monoisotopic (exact) mass is 639 g/mol. The van der Waals surface area contributed by atoms with E-state index in [4.69, 9.17) is 9.84 Å². The molecule has 10 nitrogen and oxygen atoms in total. The standard InChI is InChI=1S/C33H29N5O5S2/c1-2-43-32(40)22-15-17-36(18-16-22)45(41,42)26-12-8-9-23(19-26)30-24(21-37(35-30)25-10-4-3-5-11-25)20-29-31(39)38-28-14-7-6-13-27(28)34-33(38)44-29/h3-14,19-22H,2,15-18H2,1H3/b29-20-. The summed E-state index contributed by atoms with van der Waals surface area (Å²) in [5, 5.41) is 4.86. The summed E-state index contributed by atoms with van der Waals surface area (Å²) < 4.78 is 37.8. The first-order valence-electron chi connectivity index (χ1n) is 14.7. The van der Waals surface area contributed by atoms with Crippen molar-refractivity contribution >= 4 is 49.4 Å². The first-order chi connectivity index (χ1) is 21.8. The molecule has 0 saturated carbocycles. The highest BCUT2D eigenvalue weighted by Crippen LogP contribution is 2.30. The number of piperidine rings is 1. The van der Waals surface area contributed by atoms with Crippen LogP contribution in [-0.4, -0.2) is 57.6 Å². The van der Waals surface area contributed by atoms with E-state index in [1.54, 1.807) is 40.3 Å². The number of nitrogens with zero attached hydrogens (tertiary/aromatic N) is 5. The second-order valence-corrected chi connectivity index (χ2v) is 13.8. The lowest BCUT2D eigenvalue weighted by atomic mass is 9.98. The molecule has 12 heteroatoms. The topological polar surface area (TPSA) is 116 Å². The van der Waals surface area contributed by atoms with Crippen molar-refractivity contribution < 1.29 is 17.9 Å². The number of sulfonamides is 1. The van der Waals surface area contributed by atoms with Gasteiger partial charge in [-0.15, -0.1) is 0 Å². The zero-order valence-electron chi connectivity index (χ0n) is 24.4. The van der Waals surface area contributed by atoms with Gasteiger partial charge in [0, 0.05) is 30.4 Å². The average molecular weight is 640 g/mol. The summed E-state index contributed by atoms with van der Waals surface area (Å²) in [5.74, 6) is -0.574. The molecule has 1 aliphatic rings. The Balaban J connectivity index is 1.28. The van der Waals surface area contributed by atoms with Gasteiger partial charge in [-0.2, -0.15) is 9.40 Å². The molecule has 3 aromatic heterocycles. The number of fused-ring (bicyclic) bond motifs is 3. The number of carbonyl (C=O) groups excluding carboxylic acids is 1. The van der Waals surface area contributed by atoms with Gasteiger partial charge >= 0.3 is 5.97 Å². The molecule has 1 fully saturated rings. The van der Waals surface area contributed by atoms with E-state index >= 15 is 0 Å². The molecule has 0 atom stereocenters. The largest absolute Gasteiger partial charge is 0.466 e. The Morgan fingerprint density at radius 2 is 1.78 bits per heavy atom. The van der Waals surface area contributed by atoms with Crippen LogP contribution >= 0.6 is 11.3 Å². The second kappa shape index (κ2) is 11.7. The van der Waals surface area contributed by atoms with Gasteiger partial charge in [0.15, 0.2) is 4.96 Å². The number of para-hydroxylation sites is 3. The molecule has 4 heterocycles. The first-order valence-corrected chi connectivity index (χ1v) is 16.9. The third-order valence-electron chi connectivity index (χ3n) is 8.01. The van der Waals surface area contributed by atoms with Crippen molar-refractivity contribution in [3.63, 3.8) is 0 Å². The van der Waals surface area contributed by atoms with E-state index in [2.05, 4.69) is 4.98 Å². The van der Waals surface area contributed by atoms with Gasteiger partial charge in [-0.3, -0.25) is 9.59 Å². The van der Waals surface area contributed by atoms with E-state index in [1.807, 2.05) is 66.9 Å². The van der Waals surface area contributed by atoms with Gasteiger partial charge < -0.3 is 4.74 Å². The van der Waals surface area contributed by atoms with Gasteiger partial charge in [-0.25, -0.2) is 22.5 Å². The van der Waals surface area contributed by atoms with Crippen LogP contribution in [0.15, 0.2) is 94.7 Å². The zero-order chi connectivity index (χ0) is 31.1. The van der Waals surface area contributed by atoms with E-state index < -0.39 is 10.0 Å². The number of ether oxygens (including phenoxy) is 1. The minimum Gasteiger partial charge on any atom is -0.466 e. The summed E-state index contributed by atoms with van der Waals surface area (Å²) in [6, 6.07) is 23.8. The maximum Gasteiger partial charge on any atom is 0.309 e. The molecule has 0 N–H and O–H groups in total. The third kappa shape index (κ3) is 5.34. The Hall–Kier alpha value is -4.65. The fraction of sp³-hybridized carbons (Fsp3) is 0.212. The summed E-state index contributed by atoms with van der Waals surface area (Å²) in [7, 11) is -3.83. The molecule has 0 spiro atoms. The Kier molecular flexibility index (Phi) is 7.56. The van der Waals surface area contributed by atoms with E-state index in [1.165, 1.54) is 15.6 Å². The number of aromatic nitrogens is 4. The molecule has 0 radical (unpaired) electrons. The van der Waals surface area contributed by atoms with Gasteiger partial charge in [0.25, 0.3) is 5.56 Å². The highest BCUT2D eigenvalue weighted by Gasteiger charge is 2.33. The smallest absolute Gasteiger partial charge is 0.309 e. The Bertz CT molecular complexity index is 2270. The normalized spacial score (nSPS) is 15.3. The highest BCUT2D eigenvalue weighted by atomic mass is 32.2. The fourth-order valence-electron chi connectivity index (χ4n) is 5.73. The SMILES string of the molecule is CCOC(=O)C1CCN(S(=O)(=O)c2cccc(-c3nn(-c4ccccc4)cc3/C=c3\sc4nc5ccccc5n4c3=O)c2)CC1. The van der Waals surface area contributed by atoms with Crippen LogP contribution in [0, 0.1) is 5.92 Å². The van der Waals surface area contributed by atoms with Crippen molar-refractivity contribution in [3.05, 3.63) is 106 Å². The van der Waals surface area contributed by atoms with Gasteiger partial charge in [-0.05, 0) is 62.2 Å². The predicted octanol–water partition coefficient (Wildman–Crippen LogP) is 4.27. The summed E-state index contributed by atoms with van der Waals surface area (Å²) in [4.78, 5) is 31.1. The van der Waals surface area contributed by atoms with Crippen LogP contribution in [0.25, 0.3) is 39.0 Å². The number of benzene rings is 3. The van der Waals surface area contributed by atoms with Crippen LogP contribution in [0.5, 0.6) is 0 Å². The fourth-order valence-corrected chi connectivity index (χ4v) is 8.22. The van der Waals surface area contributed by atoms with Crippen molar-refractivity contribution in [2.75, 3.05) is 19.7 Å². The van der Waals surface area contributed by atoms with Gasteiger partial charge in [0.05, 0.1) is 38.7 Å². The van der Waals surface area contributed by atoms with Gasteiger partial charge in [0.2, 0.25) is 10.0 Å². The van der Waals surface area contributed by atoms with Crippen LogP contribution in [0.4, 0.5) is 0 Å². The number of hydrogen-bond donors (Lipinski definition) is 0. The minimum atomic E-state index is -3.83. The van der Waals surface area contributed by atoms with Crippen molar-refractivity contribution in [3.8, 4) is 16.9 Å². The summed E-state index contributed by atoms with van der Waals surface area (Å²) in [6.45, 7) is 2.53. The minimum absolute atomic E-state index is 0.139. The Morgan fingerprint density at radius 1 is 1.02 bits per heavy atom. The van der Waals surface area contributed by atoms with E-state index in [0.29, 0.717) is 45.8 Å². The molecule has 0 aliphatic carbocycles. The molecule has 6 aromatic rings. The summed E-state index contributed by atoms with van der Waals surface area (Å²) >= 11 is 1.30. The van der Waals surface area contributed by atoms with E-state index in [-0.39, 0.29) is 35.4 Å². The highest BCUT2D eigenvalue weighted by molar-refractivity contribution is 7.89. The third-order valence-corrected chi connectivity index (χ3v) is 10.9. The molecule has 1 aliphatic heterocycles. The quantitative estimate of drug-likeness (QED) is 0.240. The number of esters is 1. The van der Waals surface area contributed by atoms with Gasteiger partial charge in [-0.1, -0.05) is 53.8 Å². The van der Waals surface area contributed by atoms with Gasteiger partial charge in [0.1, 0.15) is 5.69 Å². The molecule has 3 aromatic carbocycles. The lowest BCUT2D eigenvalue weighted by molar-refractivity contribution is -0.149. The van der Waals surface area contributed by atoms with Crippen LogP contribution in [0.2, 0.25) is 0 Å². The molecule has 228 valence electrons. The van der Waals surface area contributed by atoms with Crippen LogP contribution in [0.1, 0.15) is 25.3 Å². The lowest BCUT2D eigenvalue weighted by Crippen LogP contribution is -2.40. The molecular weight excluding hydrogens is 611 g/mol. The molecule has 0 unspecified atom stereocenters. The molecule has 0 bridgehead atoms. The van der Waals surface area contributed by atoms with Crippen molar-refractivity contribution in [2.45, 2.75) is 24.7 Å². The number of hydrogen-bond acceptors (Lipinski definition) is 8. The van der Waals surface area contributed by atoms with Crippen molar-refractivity contribution in [1.82, 2.24) is 23.5 Å². The molecule has 1 saturated heterocycles. The summed E-state index contributed by atoms with van der Waals surface area (Å²) in [6.07, 6.45) is 4.45. The maximum absolute atomic E-state index is 13.7. The summed E-state index contributed by atoms with van der Waals surface area (Å²) in [5.41, 5.74) is 3.94. The van der Waals surface area contributed by atoms with Crippen LogP contribution < -0.4 is 10.1 Å². The lowest BCUT2D eigenvalue weighted by Gasteiger charge is -2.30. The molecule has 0 amide bonds. The Morgan fingerprint density at radius 3 is 2.56 bits per heavy atom. The van der Waals surface area contributed by atoms with E-state index in [0.717, 1.165) is 16.7 Å². The predicted molar refractivity (Wildman–Crippen MR) is 173 cm³/mol. The Labute approximate surface area is 262 Å². The van der Waals surface area contributed by atoms with Crippen molar-refractivity contribution in [2.24, 2.45) is 5.92 Å². The number of thiazole rings is 1. The average Bonchev–Trinajstić information content (AvgIpc) is 3.74. The van der Waals surface area contributed by atoms with E-state index in [9.17, 15) is 18.0 Å². The number of imidazole rings is 1. The zero-order valence-corrected chi connectivity index (χ0v) is 26.0. The maximum atomic E-state index is 13.7.